The number of para-hydroxylation sites is 1. The number of anilines is 1. The second-order valence-electron chi connectivity index (χ2n) is 6.15. The highest BCUT2D eigenvalue weighted by Crippen LogP contribution is 2.26. The Hall–Kier alpha value is -3.25. The summed E-state index contributed by atoms with van der Waals surface area (Å²) in [6.07, 6.45) is 2.09. The highest BCUT2D eigenvalue weighted by molar-refractivity contribution is 7.07. The van der Waals surface area contributed by atoms with Gasteiger partial charge in [0.15, 0.2) is 5.82 Å². The Kier molecular flexibility index (Phi) is 3.43. The van der Waals surface area contributed by atoms with E-state index in [2.05, 4.69) is 49.3 Å². The molecule has 0 spiro atoms. The largest absolute Gasteiger partial charge is 0.383 e. The number of nitrogens with two attached hydrogens (primary N) is 1. The molecule has 0 amide bonds. The van der Waals surface area contributed by atoms with Crippen molar-refractivity contribution < 1.29 is 0 Å². The summed E-state index contributed by atoms with van der Waals surface area (Å²) in [6.45, 7) is 0.770. The van der Waals surface area contributed by atoms with Crippen molar-refractivity contribution in [2.45, 2.75) is 6.54 Å². The van der Waals surface area contributed by atoms with Crippen molar-refractivity contribution in [3.05, 3.63) is 71.3 Å². The number of thiazole rings is 1. The van der Waals surface area contributed by atoms with Crippen LogP contribution in [0.15, 0.2) is 65.6 Å². The molecule has 0 aliphatic carbocycles. The second kappa shape index (κ2) is 5.93. The number of nitrogen functional groups attached to an aromatic ring is 1. The van der Waals surface area contributed by atoms with Gasteiger partial charge in [0.2, 0.25) is 0 Å². The minimum Gasteiger partial charge on any atom is -0.383 e. The predicted molar refractivity (Wildman–Crippen MR) is 106 cm³/mol. The number of hydrogen-bond donors (Lipinski definition) is 1. The third-order valence-electron chi connectivity index (χ3n) is 4.48. The molecule has 3 heterocycles. The highest BCUT2D eigenvalue weighted by Gasteiger charge is 2.09. The molecule has 2 aromatic carbocycles. The Morgan fingerprint density at radius 1 is 1.04 bits per heavy atom. The first-order chi connectivity index (χ1) is 12.8. The fourth-order valence-corrected chi connectivity index (χ4v) is 3.75. The van der Waals surface area contributed by atoms with E-state index in [9.17, 15) is 0 Å². The van der Waals surface area contributed by atoms with E-state index in [-0.39, 0.29) is 0 Å². The van der Waals surface area contributed by atoms with Gasteiger partial charge in [-0.05, 0) is 36.4 Å². The van der Waals surface area contributed by atoms with Crippen molar-refractivity contribution in [1.82, 2.24) is 19.5 Å². The van der Waals surface area contributed by atoms with Gasteiger partial charge in [0.05, 0.1) is 23.3 Å². The van der Waals surface area contributed by atoms with Gasteiger partial charge in [-0.1, -0.05) is 12.1 Å². The van der Waals surface area contributed by atoms with Crippen LogP contribution in [0, 0.1) is 0 Å². The number of benzene rings is 2. The van der Waals surface area contributed by atoms with Crippen molar-refractivity contribution >= 4 is 39.0 Å². The summed E-state index contributed by atoms with van der Waals surface area (Å²) in [5.41, 5.74) is 12.0. The van der Waals surface area contributed by atoms with Gasteiger partial charge in [-0.25, -0.2) is 15.0 Å². The van der Waals surface area contributed by atoms with Gasteiger partial charge in [-0.2, -0.15) is 0 Å². The quantitative estimate of drug-likeness (QED) is 0.521. The average Bonchev–Trinajstić information content (AvgIpc) is 3.32. The molecular weight excluding hydrogens is 342 g/mol. The molecule has 126 valence electrons. The van der Waals surface area contributed by atoms with Crippen LogP contribution in [0.1, 0.15) is 5.69 Å². The summed E-state index contributed by atoms with van der Waals surface area (Å²) < 4.78 is 2.20. The van der Waals surface area contributed by atoms with Crippen LogP contribution < -0.4 is 5.73 Å². The molecule has 26 heavy (non-hydrogen) atoms. The van der Waals surface area contributed by atoms with Crippen LogP contribution in [-0.2, 0) is 6.54 Å². The molecular formula is C20H15N5S. The summed E-state index contributed by atoms with van der Waals surface area (Å²) in [5, 5.41) is 4.10. The van der Waals surface area contributed by atoms with E-state index in [1.807, 2.05) is 35.8 Å². The fourth-order valence-electron chi connectivity index (χ4n) is 3.20. The van der Waals surface area contributed by atoms with E-state index in [4.69, 9.17) is 5.73 Å². The third-order valence-corrected chi connectivity index (χ3v) is 5.11. The molecule has 2 N–H and O–H groups in total. The van der Waals surface area contributed by atoms with Crippen LogP contribution >= 0.6 is 11.3 Å². The van der Waals surface area contributed by atoms with E-state index in [0.29, 0.717) is 11.6 Å². The zero-order valence-corrected chi connectivity index (χ0v) is 14.6. The van der Waals surface area contributed by atoms with Crippen molar-refractivity contribution in [3.63, 3.8) is 0 Å². The normalized spacial score (nSPS) is 11.4. The molecule has 0 radical (unpaired) electrons. The van der Waals surface area contributed by atoms with Crippen LogP contribution in [0.2, 0.25) is 0 Å². The summed E-state index contributed by atoms with van der Waals surface area (Å²) in [6, 6.07) is 16.2. The first-order valence-electron chi connectivity index (χ1n) is 8.26. The zero-order chi connectivity index (χ0) is 17.5. The number of rotatable bonds is 3. The smallest absolute Gasteiger partial charge is 0.162 e. The van der Waals surface area contributed by atoms with E-state index >= 15 is 0 Å². The van der Waals surface area contributed by atoms with Crippen LogP contribution in [0.25, 0.3) is 33.2 Å². The van der Waals surface area contributed by atoms with E-state index in [0.717, 1.165) is 39.6 Å². The van der Waals surface area contributed by atoms with Gasteiger partial charge >= 0.3 is 0 Å². The lowest BCUT2D eigenvalue weighted by molar-refractivity contribution is 0.814. The summed E-state index contributed by atoms with van der Waals surface area (Å²) >= 11 is 1.62. The van der Waals surface area contributed by atoms with E-state index in [1.165, 1.54) is 0 Å². The van der Waals surface area contributed by atoms with Crippen LogP contribution in [-0.4, -0.2) is 19.5 Å². The SMILES string of the molecule is Nc1nc(-c2ccc3c(ccn3Cc3cscn3)c2)nc2ccccc12. The number of nitrogens with zero attached hydrogens (tertiary/aromatic N) is 4. The lowest BCUT2D eigenvalue weighted by Gasteiger charge is -2.07. The molecule has 5 nitrogen and oxygen atoms in total. The number of aromatic nitrogens is 4. The molecule has 0 bridgehead atoms. The average molecular weight is 357 g/mol. The maximum atomic E-state index is 6.13. The topological polar surface area (TPSA) is 69.6 Å². The van der Waals surface area contributed by atoms with Gasteiger partial charge < -0.3 is 10.3 Å². The molecule has 0 fully saturated rings. The Balaban J connectivity index is 1.58. The Morgan fingerprint density at radius 2 is 1.96 bits per heavy atom. The van der Waals surface area contributed by atoms with Gasteiger partial charge in [-0.3, -0.25) is 0 Å². The highest BCUT2D eigenvalue weighted by atomic mass is 32.1. The molecule has 5 rings (SSSR count). The van der Waals surface area contributed by atoms with Gasteiger partial charge in [0, 0.05) is 33.4 Å². The second-order valence-corrected chi connectivity index (χ2v) is 6.87. The molecule has 0 saturated heterocycles. The van der Waals surface area contributed by atoms with Crippen LogP contribution in [0.3, 0.4) is 0 Å². The molecule has 0 atom stereocenters. The Morgan fingerprint density at radius 3 is 2.85 bits per heavy atom. The minimum atomic E-state index is 0.506. The summed E-state index contributed by atoms with van der Waals surface area (Å²) in [4.78, 5) is 13.5. The molecule has 3 aromatic heterocycles. The minimum absolute atomic E-state index is 0.506. The first kappa shape index (κ1) is 15.0. The first-order valence-corrected chi connectivity index (χ1v) is 9.21. The number of hydrogen-bond acceptors (Lipinski definition) is 5. The van der Waals surface area contributed by atoms with Gasteiger partial charge in [-0.15, -0.1) is 11.3 Å². The lowest BCUT2D eigenvalue weighted by atomic mass is 10.1. The van der Waals surface area contributed by atoms with Crippen molar-refractivity contribution in [2.24, 2.45) is 0 Å². The summed E-state index contributed by atoms with van der Waals surface area (Å²) in [7, 11) is 0. The zero-order valence-electron chi connectivity index (χ0n) is 13.8. The Bertz CT molecular complexity index is 1220. The number of fused-ring (bicyclic) bond motifs is 2. The molecule has 6 heteroatoms. The monoisotopic (exact) mass is 357 g/mol. The lowest BCUT2D eigenvalue weighted by Crippen LogP contribution is -1.99. The van der Waals surface area contributed by atoms with Gasteiger partial charge in [0.25, 0.3) is 0 Å². The van der Waals surface area contributed by atoms with E-state index in [1.54, 1.807) is 11.3 Å². The Labute approximate surface area is 153 Å². The third kappa shape index (κ3) is 2.51. The van der Waals surface area contributed by atoms with Crippen LogP contribution in [0.4, 0.5) is 5.82 Å². The molecule has 0 aliphatic heterocycles. The molecule has 5 aromatic rings. The van der Waals surface area contributed by atoms with E-state index < -0.39 is 0 Å². The van der Waals surface area contributed by atoms with Crippen molar-refractivity contribution in [3.8, 4) is 11.4 Å². The van der Waals surface area contributed by atoms with Crippen molar-refractivity contribution in [2.75, 3.05) is 5.73 Å². The molecule has 0 unspecified atom stereocenters. The molecule has 0 saturated carbocycles. The summed E-state index contributed by atoms with van der Waals surface area (Å²) in [5.74, 6) is 1.15. The van der Waals surface area contributed by atoms with Crippen molar-refractivity contribution in [1.29, 1.82) is 0 Å². The van der Waals surface area contributed by atoms with Gasteiger partial charge in [0.1, 0.15) is 5.82 Å². The predicted octanol–water partition coefficient (Wildman–Crippen LogP) is 4.34. The standard InChI is InChI=1S/C20H15N5S/c21-19-16-3-1-2-4-17(16)23-20(24-19)14-5-6-18-13(9-14)7-8-25(18)10-15-11-26-12-22-15/h1-9,11-12H,10H2,(H2,21,23,24). The maximum Gasteiger partial charge on any atom is 0.162 e. The fraction of sp³-hybridized carbons (Fsp3) is 0.0500. The van der Waals surface area contributed by atoms with Crippen LogP contribution in [0.5, 0.6) is 0 Å². The molecule has 0 aliphatic rings. The maximum absolute atomic E-state index is 6.13.